The highest BCUT2D eigenvalue weighted by atomic mass is 16.5. The van der Waals surface area contributed by atoms with Gasteiger partial charge in [-0.05, 0) is 42.7 Å². The SMILES string of the molecule is CCCC(=O)N(CCc1ccccc1)C1CC(=O)N(c2ccc(OC)cc2)C1=O. The van der Waals surface area contributed by atoms with Crippen molar-refractivity contribution in [3.8, 4) is 5.75 Å². The van der Waals surface area contributed by atoms with E-state index >= 15 is 0 Å². The predicted molar refractivity (Wildman–Crippen MR) is 111 cm³/mol. The Morgan fingerprint density at radius 2 is 1.79 bits per heavy atom. The van der Waals surface area contributed by atoms with E-state index in [2.05, 4.69) is 0 Å². The zero-order valence-corrected chi connectivity index (χ0v) is 16.8. The van der Waals surface area contributed by atoms with E-state index in [1.165, 1.54) is 4.90 Å². The Balaban J connectivity index is 1.80. The standard InChI is InChI=1S/C23H26N2O4/c1-3-7-21(26)24(15-14-17-8-5-4-6-9-17)20-16-22(27)25(23(20)28)18-10-12-19(29-2)13-11-18/h4-6,8-13,20H,3,7,14-16H2,1-2H3. The molecular formula is C23H26N2O4. The lowest BCUT2D eigenvalue weighted by Crippen LogP contribution is -2.46. The van der Waals surface area contributed by atoms with Crippen molar-refractivity contribution < 1.29 is 19.1 Å². The van der Waals surface area contributed by atoms with E-state index in [0.717, 1.165) is 5.56 Å². The van der Waals surface area contributed by atoms with Gasteiger partial charge in [-0.25, -0.2) is 4.90 Å². The Hall–Kier alpha value is -3.15. The molecule has 1 atom stereocenters. The van der Waals surface area contributed by atoms with E-state index in [9.17, 15) is 14.4 Å². The fourth-order valence-corrected chi connectivity index (χ4v) is 3.57. The van der Waals surface area contributed by atoms with Gasteiger partial charge in [0.1, 0.15) is 11.8 Å². The minimum atomic E-state index is -0.757. The summed E-state index contributed by atoms with van der Waals surface area (Å²) < 4.78 is 5.14. The summed E-state index contributed by atoms with van der Waals surface area (Å²) in [6.45, 7) is 2.33. The van der Waals surface area contributed by atoms with Crippen molar-refractivity contribution in [2.24, 2.45) is 0 Å². The van der Waals surface area contributed by atoms with Crippen molar-refractivity contribution in [3.05, 3.63) is 60.2 Å². The molecule has 0 N–H and O–H groups in total. The lowest BCUT2D eigenvalue weighted by Gasteiger charge is -2.28. The molecule has 1 saturated heterocycles. The van der Waals surface area contributed by atoms with Gasteiger partial charge in [0, 0.05) is 13.0 Å². The Morgan fingerprint density at radius 1 is 1.10 bits per heavy atom. The molecular weight excluding hydrogens is 368 g/mol. The molecule has 1 fully saturated rings. The van der Waals surface area contributed by atoms with Crippen molar-refractivity contribution in [1.82, 2.24) is 4.90 Å². The highest BCUT2D eigenvalue weighted by Gasteiger charge is 2.44. The second kappa shape index (κ2) is 9.37. The van der Waals surface area contributed by atoms with Crippen LogP contribution in [0.1, 0.15) is 31.7 Å². The van der Waals surface area contributed by atoms with E-state index in [4.69, 9.17) is 4.74 Å². The first kappa shape index (κ1) is 20.6. The van der Waals surface area contributed by atoms with Crippen molar-refractivity contribution >= 4 is 23.4 Å². The highest BCUT2D eigenvalue weighted by Crippen LogP contribution is 2.28. The van der Waals surface area contributed by atoms with Crippen LogP contribution in [0.15, 0.2) is 54.6 Å². The molecule has 1 heterocycles. The van der Waals surface area contributed by atoms with Crippen LogP contribution in [-0.4, -0.2) is 42.3 Å². The molecule has 0 aliphatic carbocycles. The summed E-state index contributed by atoms with van der Waals surface area (Å²) in [5, 5.41) is 0. The third-order valence-corrected chi connectivity index (χ3v) is 5.10. The van der Waals surface area contributed by atoms with Crippen LogP contribution in [0, 0.1) is 0 Å². The number of anilines is 1. The van der Waals surface area contributed by atoms with Gasteiger partial charge >= 0.3 is 0 Å². The van der Waals surface area contributed by atoms with Gasteiger partial charge in [0.05, 0.1) is 19.2 Å². The number of hydrogen-bond donors (Lipinski definition) is 0. The molecule has 3 amide bonds. The van der Waals surface area contributed by atoms with Crippen molar-refractivity contribution in [2.75, 3.05) is 18.6 Å². The molecule has 0 aromatic heterocycles. The Morgan fingerprint density at radius 3 is 2.41 bits per heavy atom. The lowest BCUT2D eigenvalue weighted by molar-refractivity contribution is -0.138. The summed E-state index contributed by atoms with van der Waals surface area (Å²) in [4.78, 5) is 41.3. The maximum atomic E-state index is 13.1. The van der Waals surface area contributed by atoms with Crippen LogP contribution in [0.3, 0.4) is 0 Å². The van der Waals surface area contributed by atoms with Crippen molar-refractivity contribution in [2.45, 2.75) is 38.6 Å². The first-order valence-electron chi connectivity index (χ1n) is 9.89. The fourth-order valence-electron chi connectivity index (χ4n) is 3.57. The summed E-state index contributed by atoms with van der Waals surface area (Å²) in [7, 11) is 1.56. The van der Waals surface area contributed by atoms with E-state index in [1.807, 2.05) is 37.3 Å². The number of ether oxygens (including phenoxy) is 1. The number of rotatable bonds is 8. The quantitative estimate of drug-likeness (QED) is 0.645. The first-order valence-corrected chi connectivity index (χ1v) is 9.89. The zero-order valence-electron chi connectivity index (χ0n) is 16.8. The number of imide groups is 1. The van der Waals surface area contributed by atoms with Gasteiger partial charge in [-0.1, -0.05) is 37.3 Å². The fraction of sp³-hybridized carbons (Fsp3) is 0.348. The summed E-state index contributed by atoms with van der Waals surface area (Å²) in [5.41, 5.74) is 1.58. The van der Waals surface area contributed by atoms with Crippen LogP contribution in [-0.2, 0) is 20.8 Å². The molecule has 0 radical (unpaired) electrons. The van der Waals surface area contributed by atoms with E-state index in [0.29, 0.717) is 37.2 Å². The molecule has 0 bridgehead atoms. The van der Waals surface area contributed by atoms with Gasteiger partial charge in [0.25, 0.3) is 5.91 Å². The van der Waals surface area contributed by atoms with E-state index in [1.54, 1.807) is 36.3 Å². The van der Waals surface area contributed by atoms with Gasteiger partial charge in [-0.3, -0.25) is 14.4 Å². The molecule has 2 aromatic rings. The average molecular weight is 394 g/mol. The minimum Gasteiger partial charge on any atom is -0.497 e. The van der Waals surface area contributed by atoms with Crippen molar-refractivity contribution in [1.29, 1.82) is 0 Å². The number of carbonyl (C=O) groups is 3. The maximum Gasteiger partial charge on any atom is 0.257 e. The summed E-state index contributed by atoms with van der Waals surface area (Å²) in [6.07, 6.45) is 1.69. The second-order valence-corrected chi connectivity index (χ2v) is 7.06. The minimum absolute atomic E-state index is 0.00903. The monoisotopic (exact) mass is 394 g/mol. The number of methoxy groups -OCH3 is 1. The smallest absolute Gasteiger partial charge is 0.257 e. The normalized spacial score (nSPS) is 16.2. The third kappa shape index (κ3) is 4.65. The Labute approximate surface area is 171 Å². The van der Waals surface area contributed by atoms with Crippen LogP contribution in [0.4, 0.5) is 5.69 Å². The molecule has 2 aromatic carbocycles. The van der Waals surface area contributed by atoms with E-state index < -0.39 is 6.04 Å². The van der Waals surface area contributed by atoms with Crippen LogP contribution in [0.2, 0.25) is 0 Å². The van der Waals surface area contributed by atoms with Crippen molar-refractivity contribution in [3.63, 3.8) is 0 Å². The number of benzene rings is 2. The third-order valence-electron chi connectivity index (χ3n) is 5.10. The average Bonchev–Trinajstić information content (AvgIpc) is 3.03. The Kier molecular flexibility index (Phi) is 6.65. The molecule has 3 rings (SSSR count). The first-order chi connectivity index (χ1) is 14.0. The van der Waals surface area contributed by atoms with Gasteiger partial charge in [-0.15, -0.1) is 0 Å². The molecule has 0 saturated carbocycles. The van der Waals surface area contributed by atoms with Gasteiger partial charge < -0.3 is 9.64 Å². The zero-order chi connectivity index (χ0) is 20.8. The molecule has 152 valence electrons. The van der Waals surface area contributed by atoms with Crippen LogP contribution in [0.5, 0.6) is 5.75 Å². The molecule has 29 heavy (non-hydrogen) atoms. The topological polar surface area (TPSA) is 66.9 Å². The van der Waals surface area contributed by atoms with Crippen LogP contribution < -0.4 is 9.64 Å². The Bertz CT molecular complexity index is 864. The maximum absolute atomic E-state index is 13.1. The lowest BCUT2D eigenvalue weighted by atomic mass is 10.1. The molecule has 1 aliphatic heterocycles. The molecule has 0 spiro atoms. The van der Waals surface area contributed by atoms with E-state index in [-0.39, 0.29) is 24.1 Å². The highest BCUT2D eigenvalue weighted by molar-refractivity contribution is 6.23. The largest absolute Gasteiger partial charge is 0.497 e. The molecule has 6 heteroatoms. The number of amides is 3. The van der Waals surface area contributed by atoms with Gasteiger partial charge in [0.15, 0.2) is 0 Å². The molecule has 6 nitrogen and oxygen atoms in total. The summed E-state index contributed by atoms with van der Waals surface area (Å²) in [6, 6.07) is 15.8. The number of nitrogens with zero attached hydrogens (tertiary/aromatic N) is 2. The predicted octanol–water partition coefficient (Wildman–Crippen LogP) is 3.20. The molecule has 1 unspecified atom stereocenters. The van der Waals surface area contributed by atoms with Crippen LogP contribution >= 0.6 is 0 Å². The number of hydrogen-bond acceptors (Lipinski definition) is 4. The van der Waals surface area contributed by atoms with Gasteiger partial charge in [-0.2, -0.15) is 0 Å². The van der Waals surface area contributed by atoms with Crippen LogP contribution in [0.25, 0.3) is 0 Å². The second-order valence-electron chi connectivity index (χ2n) is 7.06. The van der Waals surface area contributed by atoms with Gasteiger partial charge in [0.2, 0.25) is 11.8 Å². The summed E-state index contributed by atoms with van der Waals surface area (Å²) in [5.74, 6) is -0.0879. The summed E-state index contributed by atoms with van der Waals surface area (Å²) >= 11 is 0. The number of carbonyl (C=O) groups excluding carboxylic acids is 3. The molecule has 1 aliphatic rings.